The smallest absolute Gasteiger partial charge is 0.214 e. The number of hydrogen-bond acceptors (Lipinski definition) is 3. The Balaban J connectivity index is 2.27. The molecule has 5 heteroatoms. The third-order valence-corrected chi connectivity index (χ3v) is 5.54. The van der Waals surface area contributed by atoms with Crippen LogP contribution in [0.25, 0.3) is 0 Å². The molecule has 4 nitrogen and oxygen atoms in total. The van der Waals surface area contributed by atoms with Crippen molar-refractivity contribution in [3.8, 4) is 0 Å². The summed E-state index contributed by atoms with van der Waals surface area (Å²) in [5.41, 5.74) is 0. The topological polar surface area (TPSA) is 49.4 Å². The van der Waals surface area contributed by atoms with Gasteiger partial charge in [0.2, 0.25) is 10.0 Å². The maximum atomic E-state index is 12.2. The molecule has 2 unspecified atom stereocenters. The van der Waals surface area contributed by atoms with E-state index in [2.05, 4.69) is 19.2 Å². The molecule has 1 saturated heterocycles. The molecule has 0 spiro atoms. The Labute approximate surface area is 112 Å². The van der Waals surface area contributed by atoms with E-state index in [9.17, 15) is 8.42 Å². The highest BCUT2D eigenvalue weighted by atomic mass is 32.2. The molecule has 1 fully saturated rings. The SMILES string of the molecule is CCCNCCCCS(=O)(=O)N1CC(C)CC1C. The Morgan fingerprint density at radius 1 is 1.22 bits per heavy atom. The Bertz CT molecular complexity index is 330. The number of rotatable bonds is 8. The lowest BCUT2D eigenvalue weighted by Crippen LogP contribution is -2.35. The number of nitrogens with one attached hydrogen (secondary N) is 1. The van der Waals surface area contributed by atoms with Gasteiger partial charge in [0, 0.05) is 12.6 Å². The van der Waals surface area contributed by atoms with Crippen LogP contribution in [-0.2, 0) is 10.0 Å². The van der Waals surface area contributed by atoms with Gasteiger partial charge in [-0.15, -0.1) is 0 Å². The van der Waals surface area contributed by atoms with Crippen LogP contribution in [0.5, 0.6) is 0 Å². The summed E-state index contributed by atoms with van der Waals surface area (Å²) in [7, 11) is -3.03. The van der Waals surface area contributed by atoms with Gasteiger partial charge < -0.3 is 5.32 Å². The zero-order valence-electron chi connectivity index (χ0n) is 12.0. The van der Waals surface area contributed by atoms with Gasteiger partial charge in [-0.3, -0.25) is 0 Å². The molecule has 2 atom stereocenters. The molecule has 1 rings (SSSR count). The van der Waals surface area contributed by atoms with Crippen molar-refractivity contribution in [2.75, 3.05) is 25.4 Å². The van der Waals surface area contributed by atoms with Crippen molar-refractivity contribution < 1.29 is 8.42 Å². The third-order valence-electron chi connectivity index (χ3n) is 3.52. The lowest BCUT2D eigenvalue weighted by Gasteiger charge is -2.20. The third kappa shape index (κ3) is 4.86. The zero-order valence-corrected chi connectivity index (χ0v) is 12.8. The first kappa shape index (κ1) is 15.9. The van der Waals surface area contributed by atoms with Crippen LogP contribution in [0.15, 0.2) is 0 Å². The number of unbranched alkanes of at least 4 members (excludes halogenated alkanes) is 1. The van der Waals surface area contributed by atoms with Crippen molar-refractivity contribution >= 4 is 10.0 Å². The van der Waals surface area contributed by atoms with Crippen LogP contribution in [0.3, 0.4) is 0 Å². The summed E-state index contributed by atoms with van der Waals surface area (Å²) < 4.78 is 26.1. The van der Waals surface area contributed by atoms with Crippen LogP contribution in [0.1, 0.15) is 46.5 Å². The van der Waals surface area contributed by atoms with E-state index in [1.54, 1.807) is 4.31 Å². The minimum Gasteiger partial charge on any atom is -0.317 e. The van der Waals surface area contributed by atoms with Crippen LogP contribution in [0.2, 0.25) is 0 Å². The minimum absolute atomic E-state index is 0.184. The maximum Gasteiger partial charge on any atom is 0.214 e. The predicted octanol–water partition coefficient (Wildman–Crippen LogP) is 1.83. The van der Waals surface area contributed by atoms with Crippen LogP contribution in [0.4, 0.5) is 0 Å². The lowest BCUT2D eigenvalue weighted by molar-refractivity contribution is 0.404. The number of sulfonamides is 1. The van der Waals surface area contributed by atoms with Gasteiger partial charge in [0.25, 0.3) is 0 Å². The highest BCUT2D eigenvalue weighted by molar-refractivity contribution is 7.89. The summed E-state index contributed by atoms with van der Waals surface area (Å²) in [4.78, 5) is 0. The molecule has 1 N–H and O–H groups in total. The van der Waals surface area contributed by atoms with Crippen molar-refractivity contribution in [2.45, 2.75) is 52.5 Å². The fourth-order valence-corrected chi connectivity index (χ4v) is 4.52. The molecule has 1 heterocycles. The first-order valence-electron chi connectivity index (χ1n) is 7.17. The van der Waals surface area contributed by atoms with Gasteiger partial charge in [-0.05, 0) is 51.6 Å². The second kappa shape index (κ2) is 7.46. The molecule has 1 aliphatic heterocycles. The van der Waals surface area contributed by atoms with Crippen LogP contribution < -0.4 is 5.32 Å². The largest absolute Gasteiger partial charge is 0.317 e. The van der Waals surface area contributed by atoms with Crippen molar-refractivity contribution in [1.29, 1.82) is 0 Å². The normalized spacial score (nSPS) is 25.7. The monoisotopic (exact) mass is 276 g/mol. The molecule has 0 radical (unpaired) electrons. The van der Waals surface area contributed by atoms with E-state index in [1.807, 2.05) is 6.92 Å². The summed E-state index contributed by atoms with van der Waals surface area (Å²) in [6.45, 7) is 8.93. The average molecular weight is 276 g/mol. The van der Waals surface area contributed by atoms with E-state index in [0.717, 1.165) is 38.8 Å². The fraction of sp³-hybridized carbons (Fsp3) is 1.00. The maximum absolute atomic E-state index is 12.2. The highest BCUT2D eigenvalue weighted by Crippen LogP contribution is 2.25. The minimum atomic E-state index is -3.03. The second-order valence-electron chi connectivity index (χ2n) is 5.53. The molecule has 108 valence electrons. The predicted molar refractivity (Wildman–Crippen MR) is 76.1 cm³/mol. The Kier molecular flexibility index (Phi) is 6.60. The fourth-order valence-electron chi connectivity index (χ4n) is 2.60. The molecule has 0 aromatic carbocycles. The van der Waals surface area contributed by atoms with Gasteiger partial charge >= 0.3 is 0 Å². The molecule has 1 aliphatic rings. The van der Waals surface area contributed by atoms with Gasteiger partial charge in [-0.25, -0.2) is 8.42 Å². The summed E-state index contributed by atoms with van der Waals surface area (Å²) in [5.74, 6) is 0.804. The van der Waals surface area contributed by atoms with Gasteiger partial charge in [0.05, 0.1) is 5.75 Å². The first-order valence-corrected chi connectivity index (χ1v) is 8.78. The van der Waals surface area contributed by atoms with Crippen molar-refractivity contribution in [3.63, 3.8) is 0 Å². The lowest BCUT2D eigenvalue weighted by atomic mass is 10.1. The van der Waals surface area contributed by atoms with E-state index >= 15 is 0 Å². The van der Waals surface area contributed by atoms with Gasteiger partial charge in [-0.1, -0.05) is 13.8 Å². The van der Waals surface area contributed by atoms with E-state index in [-0.39, 0.29) is 6.04 Å². The van der Waals surface area contributed by atoms with E-state index < -0.39 is 10.0 Å². The number of nitrogens with zero attached hydrogens (tertiary/aromatic N) is 1. The van der Waals surface area contributed by atoms with E-state index in [4.69, 9.17) is 0 Å². The summed E-state index contributed by atoms with van der Waals surface area (Å²) in [6, 6.07) is 0.184. The van der Waals surface area contributed by atoms with Crippen molar-refractivity contribution in [3.05, 3.63) is 0 Å². The molecule has 0 saturated carbocycles. The summed E-state index contributed by atoms with van der Waals surface area (Å²) >= 11 is 0. The molecule has 0 aromatic heterocycles. The standard InChI is InChI=1S/C13H28N2O2S/c1-4-7-14-8-5-6-9-18(16,17)15-11-12(2)10-13(15)3/h12-14H,4-11H2,1-3H3. The second-order valence-corrected chi connectivity index (χ2v) is 7.57. The Hall–Kier alpha value is -0.130. The van der Waals surface area contributed by atoms with Gasteiger partial charge in [0.1, 0.15) is 0 Å². The van der Waals surface area contributed by atoms with Gasteiger partial charge in [-0.2, -0.15) is 4.31 Å². The molecule has 0 aromatic rings. The Morgan fingerprint density at radius 3 is 2.50 bits per heavy atom. The average Bonchev–Trinajstić information content (AvgIpc) is 2.63. The van der Waals surface area contributed by atoms with Crippen LogP contribution in [0, 0.1) is 5.92 Å². The summed E-state index contributed by atoms with van der Waals surface area (Å²) in [6.07, 6.45) is 3.83. The molecule has 18 heavy (non-hydrogen) atoms. The Morgan fingerprint density at radius 2 is 1.94 bits per heavy atom. The van der Waals surface area contributed by atoms with Gasteiger partial charge in [0.15, 0.2) is 0 Å². The summed E-state index contributed by atoms with van der Waals surface area (Å²) in [5, 5.41) is 3.30. The zero-order chi connectivity index (χ0) is 13.6. The molecular weight excluding hydrogens is 248 g/mol. The molecule has 0 bridgehead atoms. The quantitative estimate of drug-likeness (QED) is 0.688. The van der Waals surface area contributed by atoms with E-state index in [1.165, 1.54) is 0 Å². The highest BCUT2D eigenvalue weighted by Gasteiger charge is 2.34. The molecule has 0 amide bonds. The first-order chi connectivity index (χ1) is 8.47. The van der Waals surface area contributed by atoms with Crippen LogP contribution in [-0.4, -0.2) is 44.2 Å². The van der Waals surface area contributed by atoms with E-state index in [0.29, 0.717) is 18.2 Å². The number of hydrogen-bond donors (Lipinski definition) is 1. The van der Waals surface area contributed by atoms with Crippen molar-refractivity contribution in [1.82, 2.24) is 9.62 Å². The van der Waals surface area contributed by atoms with Crippen molar-refractivity contribution in [2.24, 2.45) is 5.92 Å². The molecule has 0 aliphatic carbocycles. The van der Waals surface area contributed by atoms with Crippen LogP contribution >= 0.6 is 0 Å². The molecular formula is C13H28N2O2S.